The van der Waals surface area contributed by atoms with Gasteiger partial charge < -0.3 is 9.64 Å². The summed E-state index contributed by atoms with van der Waals surface area (Å²) in [5, 5.41) is 0. The van der Waals surface area contributed by atoms with Gasteiger partial charge in [-0.25, -0.2) is 12.8 Å². The summed E-state index contributed by atoms with van der Waals surface area (Å²) in [5.41, 5.74) is -1.71. The van der Waals surface area contributed by atoms with Crippen LogP contribution in [0, 0.1) is 5.92 Å². The van der Waals surface area contributed by atoms with Crippen LogP contribution < -0.4 is 0 Å². The van der Waals surface area contributed by atoms with Crippen LogP contribution in [0.4, 0.5) is 4.39 Å². The minimum atomic E-state index is -3.22. The summed E-state index contributed by atoms with van der Waals surface area (Å²) < 4.78 is 42.8. The Kier molecular flexibility index (Phi) is 3.14. The van der Waals surface area contributed by atoms with Gasteiger partial charge in [-0.05, 0) is 26.2 Å². The van der Waals surface area contributed by atoms with Gasteiger partial charge in [-0.3, -0.25) is 4.79 Å². The van der Waals surface area contributed by atoms with Crippen LogP contribution in [0.25, 0.3) is 0 Å². The molecule has 5 nitrogen and oxygen atoms in total. The number of hydrogen-bond donors (Lipinski definition) is 0. The zero-order chi connectivity index (χ0) is 14.6. The van der Waals surface area contributed by atoms with E-state index >= 15 is 0 Å². The molecule has 114 valence electrons. The van der Waals surface area contributed by atoms with E-state index in [-0.39, 0.29) is 37.6 Å². The highest BCUT2D eigenvalue weighted by Crippen LogP contribution is 2.48. The van der Waals surface area contributed by atoms with Crippen molar-refractivity contribution >= 4 is 15.7 Å². The Balaban J connectivity index is 1.73. The molecule has 1 amide bonds. The van der Waals surface area contributed by atoms with Gasteiger partial charge in [0.15, 0.2) is 15.5 Å². The molecule has 0 unspecified atom stereocenters. The van der Waals surface area contributed by atoms with E-state index in [0.29, 0.717) is 19.6 Å². The van der Waals surface area contributed by atoms with Crippen molar-refractivity contribution in [3.8, 4) is 0 Å². The minimum absolute atomic E-state index is 0.0775. The first-order valence-electron chi connectivity index (χ1n) is 7.13. The fourth-order valence-corrected chi connectivity index (χ4v) is 5.72. The second kappa shape index (κ2) is 4.40. The molecule has 2 heterocycles. The number of amides is 1. The number of alkyl halides is 1. The van der Waals surface area contributed by atoms with E-state index in [1.54, 1.807) is 0 Å². The second-order valence-corrected chi connectivity index (χ2v) is 8.61. The molecule has 3 fully saturated rings. The first-order chi connectivity index (χ1) is 9.35. The highest BCUT2D eigenvalue weighted by Gasteiger charge is 2.65. The number of likely N-dealkylation sites (tertiary alicyclic amines) is 1. The molecular formula is C13H20FNO4S. The van der Waals surface area contributed by atoms with Crippen molar-refractivity contribution in [1.29, 1.82) is 0 Å². The Morgan fingerprint density at radius 1 is 1.40 bits per heavy atom. The smallest absolute Gasteiger partial charge is 0.260 e. The fraction of sp³-hybridized carbons (Fsp3) is 0.923. The molecule has 0 N–H and O–H groups in total. The van der Waals surface area contributed by atoms with E-state index < -0.39 is 26.2 Å². The van der Waals surface area contributed by atoms with Crippen molar-refractivity contribution in [1.82, 2.24) is 4.90 Å². The number of halogens is 1. The largest absolute Gasteiger partial charge is 0.381 e. The number of sulfone groups is 1. The molecule has 0 aromatic carbocycles. The van der Waals surface area contributed by atoms with Gasteiger partial charge in [0, 0.05) is 25.6 Å². The lowest BCUT2D eigenvalue weighted by atomic mass is 9.83. The number of hydrogen-bond acceptors (Lipinski definition) is 4. The zero-order valence-corrected chi connectivity index (χ0v) is 12.4. The first-order valence-corrected chi connectivity index (χ1v) is 8.78. The van der Waals surface area contributed by atoms with Gasteiger partial charge in [0.25, 0.3) is 5.91 Å². The fourth-order valence-electron chi connectivity index (χ4n) is 3.32. The molecule has 7 heteroatoms. The van der Waals surface area contributed by atoms with E-state index in [1.807, 2.05) is 6.92 Å². The number of rotatable bonds is 4. The number of ether oxygens (including phenoxy) is 1. The third-order valence-electron chi connectivity index (χ3n) is 4.90. The van der Waals surface area contributed by atoms with E-state index in [2.05, 4.69) is 0 Å². The third-order valence-corrected chi connectivity index (χ3v) is 7.50. The van der Waals surface area contributed by atoms with Gasteiger partial charge in [0.05, 0.1) is 12.4 Å². The molecule has 2 aliphatic heterocycles. The van der Waals surface area contributed by atoms with Crippen LogP contribution in [0.2, 0.25) is 0 Å². The van der Waals surface area contributed by atoms with Crippen LogP contribution in [0.1, 0.15) is 26.2 Å². The van der Waals surface area contributed by atoms with Crippen LogP contribution >= 0.6 is 0 Å². The Bertz CT molecular complexity index is 522. The van der Waals surface area contributed by atoms with Crippen molar-refractivity contribution in [3.05, 3.63) is 0 Å². The van der Waals surface area contributed by atoms with Crippen molar-refractivity contribution in [2.45, 2.75) is 36.6 Å². The lowest BCUT2D eigenvalue weighted by Gasteiger charge is -2.50. The third kappa shape index (κ3) is 1.89. The van der Waals surface area contributed by atoms with Crippen LogP contribution in [0.15, 0.2) is 0 Å². The normalized spacial score (nSPS) is 32.1. The lowest BCUT2D eigenvalue weighted by molar-refractivity contribution is -0.145. The first kappa shape index (κ1) is 14.3. The van der Waals surface area contributed by atoms with Gasteiger partial charge in [0.1, 0.15) is 4.75 Å². The monoisotopic (exact) mass is 305 g/mol. The van der Waals surface area contributed by atoms with Crippen LogP contribution in [0.5, 0.6) is 0 Å². The molecular weight excluding hydrogens is 285 g/mol. The molecule has 1 saturated carbocycles. The molecule has 3 rings (SSSR count). The predicted octanol–water partition coefficient (Wildman–Crippen LogP) is 0.541. The van der Waals surface area contributed by atoms with Gasteiger partial charge in [-0.2, -0.15) is 0 Å². The molecule has 0 aromatic rings. The maximum absolute atomic E-state index is 13.8. The summed E-state index contributed by atoms with van der Waals surface area (Å²) in [4.78, 5) is 13.3. The number of carbonyl (C=O) groups is 1. The summed E-state index contributed by atoms with van der Waals surface area (Å²) in [6.07, 6.45) is 1.11. The van der Waals surface area contributed by atoms with Gasteiger partial charge in [-0.1, -0.05) is 0 Å². The molecule has 1 aliphatic carbocycles. The van der Waals surface area contributed by atoms with Gasteiger partial charge >= 0.3 is 0 Å². The summed E-state index contributed by atoms with van der Waals surface area (Å²) in [7, 11) is -3.22. The summed E-state index contributed by atoms with van der Waals surface area (Å²) >= 11 is 0. The molecule has 0 bridgehead atoms. The summed E-state index contributed by atoms with van der Waals surface area (Å²) in [6, 6.07) is 0. The number of nitrogens with zero attached hydrogens (tertiary/aromatic N) is 1. The lowest BCUT2D eigenvalue weighted by Crippen LogP contribution is -2.70. The van der Waals surface area contributed by atoms with Crippen LogP contribution in [-0.4, -0.2) is 61.7 Å². The van der Waals surface area contributed by atoms with Crippen LogP contribution in [-0.2, 0) is 19.4 Å². The Labute approximate surface area is 118 Å². The standard InChI is InChI=1S/C13H20FNO4S/c1-2-19-7-10-3-6-20(17,18)13(10)8-15(9-13)11(16)12(14)4-5-12/h10H,2-9H2,1H3/t10-/m0/s1. The highest BCUT2D eigenvalue weighted by atomic mass is 32.2. The van der Waals surface area contributed by atoms with E-state index in [9.17, 15) is 17.6 Å². The van der Waals surface area contributed by atoms with Crippen molar-refractivity contribution in [3.63, 3.8) is 0 Å². The van der Waals surface area contributed by atoms with E-state index in [4.69, 9.17) is 4.74 Å². The molecule has 1 spiro atoms. The van der Waals surface area contributed by atoms with Gasteiger partial charge in [-0.15, -0.1) is 0 Å². The minimum Gasteiger partial charge on any atom is -0.381 e. The van der Waals surface area contributed by atoms with Crippen molar-refractivity contribution < 1.29 is 22.3 Å². The van der Waals surface area contributed by atoms with E-state index in [1.165, 1.54) is 4.90 Å². The molecule has 2 saturated heterocycles. The molecule has 1 atom stereocenters. The Morgan fingerprint density at radius 3 is 2.60 bits per heavy atom. The average molecular weight is 305 g/mol. The summed E-state index contributed by atoms with van der Waals surface area (Å²) in [5.74, 6) is -0.459. The molecule has 0 aromatic heterocycles. The van der Waals surface area contributed by atoms with E-state index in [0.717, 1.165) is 0 Å². The van der Waals surface area contributed by atoms with Crippen LogP contribution in [0.3, 0.4) is 0 Å². The predicted molar refractivity (Wildman–Crippen MR) is 70.8 cm³/mol. The SMILES string of the molecule is CCOC[C@@H]1CCS(=O)(=O)C12CN(C(=O)C1(F)CC1)C2. The highest BCUT2D eigenvalue weighted by molar-refractivity contribution is 7.93. The van der Waals surface area contributed by atoms with Crippen molar-refractivity contribution in [2.24, 2.45) is 5.92 Å². The second-order valence-electron chi connectivity index (χ2n) is 6.16. The maximum atomic E-state index is 13.8. The molecule has 0 radical (unpaired) electrons. The Hall–Kier alpha value is -0.690. The molecule has 20 heavy (non-hydrogen) atoms. The van der Waals surface area contributed by atoms with Crippen molar-refractivity contribution in [2.75, 3.05) is 32.1 Å². The average Bonchev–Trinajstić information content (AvgIpc) is 3.02. The summed E-state index contributed by atoms with van der Waals surface area (Å²) in [6.45, 7) is 3.09. The number of carbonyl (C=O) groups excluding carboxylic acids is 1. The topological polar surface area (TPSA) is 63.7 Å². The zero-order valence-electron chi connectivity index (χ0n) is 11.6. The van der Waals surface area contributed by atoms with Gasteiger partial charge in [0.2, 0.25) is 0 Å². The maximum Gasteiger partial charge on any atom is 0.260 e. The Morgan fingerprint density at radius 2 is 2.05 bits per heavy atom. The molecule has 3 aliphatic rings. The quantitative estimate of drug-likeness (QED) is 0.760.